The van der Waals surface area contributed by atoms with Crippen molar-refractivity contribution in [3.8, 4) is 0 Å². The number of benzene rings is 1. The second kappa shape index (κ2) is 5.59. The summed E-state index contributed by atoms with van der Waals surface area (Å²) in [5.74, 6) is -0.391. The molecular formula is C17H16ClN3O2. The van der Waals surface area contributed by atoms with E-state index in [-0.39, 0.29) is 5.70 Å². The number of amides is 3. The molecule has 0 unspecified atom stereocenters. The number of nitrogens with zero attached hydrogens (tertiary/aromatic N) is 2. The summed E-state index contributed by atoms with van der Waals surface area (Å²) in [5.41, 5.74) is 3.71. The Morgan fingerprint density at radius 2 is 1.91 bits per heavy atom. The van der Waals surface area contributed by atoms with Gasteiger partial charge in [-0.05, 0) is 49.8 Å². The molecule has 0 radical (unpaired) electrons. The van der Waals surface area contributed by atoms with Crippen LogP contribution in [0, 0.1) is 13.8 Å². The normalized spacial score (nSPS) is 16.3. The lowest BCUT2D eigenvalue weighted by Gasteiger charge is -2.11. The average Bonchev–Trinajstić information content (AvgIpc) is 2.91. The number of hydrogen-bond donors (Lipinski definition) is 1. The van der Waals surface area contributed by atoms with E-state index in [1.807, 2.05) is 31.5 Å². The SMILES string of the molecule is Cc1cc(/C=C2/NC(=O)N(c3cccc(Cl)c3)C2=O)c(C)n1C. The third-order valence-electron chi connectivity index (χ3n) is 4.06. The van der Waals surface area contributed by atoms with Crippen LogP contribution in [0.4, 0.5) is 10.5 Å². The number of nitrogens with one attached hydrogen (secondary N) is 1. The van der Waals surface area contributed by atoms with Crippen LogP contribution in [0.2, 0.25) is 5.02 Å². The Labute approximate surface area is 139 Å². The van der Waals surface area contributed by atoms with Crippen LogP contribution in [0.25, 0.3) is 6.08 Å². The quantitative estimate of drug-likeness (QED) is 0.678. The first-order chi connectivity index (χ1) is 10.9. The second-order valence-electron chi connectivity index (χ2n) is 5.49. The molecule has 0 atom stereocenters. The molecule has 1 aromatic carbocycles. The van der Waals surface area contributed by atoms with Crippen LogP contribution in [0.1, 0.15) is 17.0 Å². The van der Waals surface area contributed by atoms with Gasteiger partial charge in [-0.1, -0.05) is 17.7 Å². The van der Waals surface area contributed by atoms with Gasteiger partial charge in [0.15, 0.2) is 0 Å². The summed E-state index contributed by atoms with van der Waals surface area (Å²) in [5, 5.41) is 3.09. The lowest BCUT2D eigenvalue weighted by Crippen LogP contribution is -2.30. The molecule has 1 aromatic heterocycles. The second-order valence-corrected chi connectivity index (χ2v) is 5.93. The molecule has 118 valence electrons. The first-order valence-electron chi connectivity index (χ1n) is 7.14. The molecule has 1 aliphatic rings. The third kappa shape index (κ3) is 2.64. The Morgan fingerprint density at radius 3 is 2.52 bits per heavy atom. The van der Waals surface area contributed by atoms with Crippen LogP contribution >= 0.6 is 11.6 Å². The van der Waals surface area contributed by atoms with Crippen molar-refractivity contribution in [2.75, 3.05) is 4.90 Å². The van der Waals surface area contributed by atoms with Gasteiger partial charge in [-0.25, -0.2) is 9.69 Å². The van der Waals surface area contributed by atoms with Crippen LogP contribution < -0.4 is 10.2 Å². The zero-order valence-corrected chi connectivity index (χ0v) is 13.8. The van der Waals surface area contributed by atoms with Gasteiger partial charge in [0.1, 0.15) is 5.70 Å². The fraction of sp³-hybridized carbons (Fsp3) is 0.176. The van der Waals surface area contributed by atoms with E-state index in [0.29, 0.717) is 10.7 Å². The van der Waals surface area contributed by atoms with Gasteiger partial charge in [0, 0.05) is 23.5 Å². The number of anilines is 1. The van der Waals surface area contributed by atoms with E-state index < -0.39 is 11.9 Å². The fourth-order valence-corrected chi connectivity index (χ4v) is 2.76. The number of hydrogen-bond acceptors (Lipinski definition) is 2. The van der Waals surface area contributed by atoms with Crippen molar-refractivity contribution >= 4 is 35.3 Å². The molecule has 6 heteroatoms. The molecule has 2 aromatic rings. The van der Waals surface area contributed by atoms with E-state index in [1.54, 1.807) is 30.3 Å². The predicted octanol–water partition coefficient (Wildman–Crippen LogP) is 3.39. The average molecular weight is 330 g/mol. The van der Waals surface area contributed by atoms with Gasteiger partial charge in [0.2, 0.25) is 0 Å². The summed E-state index contributed by atoms with van der Waals surface area (Å²) in [6.07, 6.45) is 1.70. The van der Waals surface area contributed by atoms with E-state index in [9.17, 15) is 9.59 Å². The summed E-state index contributed by atoms with van der Waals surface area (Å²) >= 11 is 5.94. The number of carbonyl (C=O) groups is 2. The number of halogens is 1. The largest absolute Gasteiger partial charge is 0.352 e. The number of imide groups is 1. The van der Waals surface area contributed by atoms with Gasteiger partial charge < -0.3 is 9.88 Å². The molecular weight excluding hydrogens is 314 g/mol. The summed E-state index contributed by atoms with van der Waals surface area (Å²) in [6, 6.07) is 8.14. The first kappa shape index (κ1) is 15.4. The summed E-state index contributed by atoms with van der Waals surface area (Å²) in [6.45, 7) is 3.96. The third-order valence-corrected chi connectivity index (χ3v) is 4.29. The van der Waals surface area contributed by atoms with Gasteiger partial charge in [-0.15, -0.1) is 0 Å². The summed E-state index contributed by atoms with van der Waals surface area (Å²) < 4.78 is 2.03. The van der Waals surface area contributed by atoms with Gasteiger partial charge >= 0.3 is 6.03 Å². The maximum absolute atomic E-state index is 12.6. The standard InChI is InChI=1S/C17H16ClN3O2/c1-10-7-12(11(2)20(10)3)8-15-16(22)21(17(23)19-15)14-6-4-5-13(18)9-14/h4-9H,1-3H3,(H,19,23)/b15-8+. The number of aromatic nitrogens is 1. The first-order valence-corrected chi connectivity index (χ1v) is 7.52. The number of aryl methyl sites for hydroxylation is 1. The summed E-state index contributed by atoms with van der Waals surface area (Å²) in [4.78, 5) is 25.8. The van der Waals surface area contributed by atoms with Gasteiger partial charge in [0.25, 0.3) is 5.91 Å². The zero-order valence-electron chi connectivity index (χ0n) is 13.1. The lowest BCUT2D eigenvalue weighted by atomic mass is 10.2. The molecule has 1 aliphatic heterocycles. The number of carbonyl (C=O) groups excluding carboxylic acids is 2. The highest BCUT2D eigenvalue weighted by Gasteiger charge is 2.35. The van der Waals surface area contributed by atoms with Crippen molar-refractivity contribution in [1.82, 2.24) is 9.88 Å². The molecule has 1 saturated heterocycles. The Balaban J connectivity index is 1.98. The highest BCUT2D eigenvalue weighted by Crippen LogP contribution is 2.25. The maximum Gasteiger partial charge on any atom is 0.333 e. The monoisotopic (exact) mass is 329 g/mol. The Morgan fingerprint density at radius 1 is 1.17 bits per heavy atom. The topological polar surface area (TPSA) is 54.3 Å². The Hall–Kier alpha value is -2.53. The fourth-order valence-electron chi connectivity index (χ4n) is 2.57. The van der Waals surface area contributed by atoms with Crippen LogP contribution in [-0.4, -0.2) is 16.5 Å². The molecule has 0 bridgehead atoms. The molecule has 0 spiro atoms. The predicted molar refractivity (Wildman–Crippen MR) is 90.3 cm³/mol. The molecule has 3 amide bonds. The van der Waals surface area contributed by atoms with Gasteiger partial charge in [0.05, 0.1) is 5.69 Å². The zero-order chi connectivity index (χ0) is 16.7. The van der Waals surface area contributed by atoms with Crippen LogP contribution in [0.5, 0.6) is 0 Å². The molecule has 3 rings (SSSR count). The van der Waals surface area contributed by atoms with E-state index >= 15 is 0 Å². The van der Waals surface area contributed by atoms with Crippen molar-refractivity contribution in [2.24, 2.45) is 7.05 Å². The molecule has 5 nitrogen and oxygen atoms in total. The Kier molecular flexibility index (Phi) is 3.74. The highest BCUT2D eigenvalue weighted by atomic mass is 35.5. The van der Waals surface area contributed by atoms with E-state index in [2.05, 4.69) is 5.32 Å². The number of urea groups is 1. The molecule has 1 N–H and O–H groups in total. The molecule has 1 fully saturated rings. The van der Waals surface area contributed by atoms with Crippen molar-refractivity contribution in [1.29, 1.82) is 0 Å². The van der Waals surface area contributed by atoms with Crippen molar-refractivity contribution in [2.45, 2.75) is 13.8 Å². The van der Waals surface area contributed by atoms with E-state index in [4.69, 9.17) is 11.6 Å². The van der Waals surface area contributed by atoms with Crippen LogP contribution in [0.3, 0.4) is 0 Å². The lowest BCUT2D eigenvalue weighted by molar-refractivity contribution is -0.113. The summed E-state index contributed by atoms with van der Waals surface area (Å²) in [7, 11) is 1.96. The molecule has 23 heavy (non-hydrogen) atoms. The minimum atomic E-state index is -0.478. The maximum atomic E-state index is 12.6. The number of rotatable bonds is 2. The van der Waals surface area contributed by atoms with Crippen molar-refractivity contribution in [3.63, 3.8) is 0 Å². The minimum absolute atomic E-state index is 0.253. The van der Waals surface area contributed by atoms with E-state index in [1.165, 1.54) is 0 Å². The van der Waals surface area contributed by atoms with Crippen molar-refractivity contribution < 1.29 is 9.59 Å². The molecule has 0 saturated carbocycles. The minimum Gasteiger partial charge on any atom is -0.352 e. The van der Waals surface area contributed by atoms with Crippen LogP contribution in [-0.2, 0) is 11.8 Å². The van der Waals surface area contributed by atoms with Gasteiger partial charge in [-0.2, -0.15) is 0 Å². The van der Waals surface area contributed by atoms with Crippen LogP contribution in [0.15, 0.2) is 36.0 Å². The molecule has 2 heterocycles. The van der Waals surface area contributed by atoms with E-state index in [0.717, 1.165) is 21.9 Å². The smallest absolute Gasteiger partial charge is 0.333 e. The highest BCUT2D eigenvalue weighted by molar-refractivity contribution is 6.32. The Bertz CT molecular complexity index is 852. The van der Waals surface area contributed by atoms with Gasteiger partial charge in [-0.3, -0.25) is 4.79 Å². The van der Waals surface area contributed by atoms with Crippen molar-refractivity contribution in [3.05, 3.63) is 58.0 Å². The molecule has 0 aliphatic carbocycles.